The lowest BCUT2D eigenvalue weighted by Gasteiger charge is -2.39. The monoisotopic (exact) mass is 423 g/mol. The van der Waals surface area contributed by atoms with Crippen LogP contribution in [0.3, 0.4) is 0 Å². The first-order valence-corrected chi connectivity index (χ1v) is 10.7. The molecule has 1 aromatic heterocycles. The van der Waals surface area contributed by atoms with Gasteiger partial charge in [-0.25, -0.2) is 9.78 Å². The zero-order valence-corrected chi connectivity index (χ0v) is 17.9. The van der Waals surface area contributed by atoms with E-state index in [2.05, 4.69) is 27.6 Å². The highest BCUT2D eigenvalue weighted by Gasteiger charge is 2.29. The Morgan fingerprint density at radius 1 is 1.20 bits per heavy atom. The summed E-state index contributed by atoms with van der Waals surface area (Å²) in [5, 5.41) is 3.88. The minimum absolute atomic E-state index is 0.0654. The first-order chi connectivity index (χ1) is 14.6. The van der Waals surface area contributed by atoms with Crippen LogP contribution in [-0.2, 0) is 6.42 Å². The summed E-state index contributed by atoms with van der Waals surface area (Å²) in [4.78, 5) is 21.5. The van der Waals surface area contributed by atoms with Crippen LogP contribution in [0.5, 0.6) is 5.75 Å². The second-order valence-electron chi connectivity index (χ2n) is 7.31. The molecule has 4 rings (SSSR count). The number of methoxy groups -OCH3 is 1. The number of amides is 2. The van der Waals surface area contributed by atoms with Crippen molar-refractivity contribution in [3.8, 4) is 5.75 Å². The number of hydrogen-bond acceptors (Lipinski definition) is 6. The topological polar surface area (TPSA) is 70.6 Å². The molecule has 1 aliphatic rings. The number of carbonyl (C=O) groups is 1. The summed E-state index contributed by atoms with van der Waals surface area (Å²) in [5.41, 5.74) is 1.93. The Kier molecular flexibility index (Phi) is 6.13. The Morgan fingerprint density at radius 3 is 2.80 bits per heavy atom. The Balaban J connectivity index is 1.36. The third-order valence-corrected chi connectivity index (χ3v) is 5.95. The van der Waals surface area contributed by atoms with E-state index < -0.39 is 0 Å². The van der Waals surface area contributed by atoms with Crippen LogP contribution in [0, 0.1) is 0 Å². The zero-order valence-electron chi connectivity index (χ0n) is 17.1. The van der Waals surface area contributed by atoms with Crippen molar-refractivity contribution in [3.63, 3.8) is 0 Å². The average molecular weight is 424 g/mol. The summed E-state index contributed by atoms with van der Waals surface area (Å²) in [5.74, 6) is 1.64. The molecule has 0 radical (unpaired) electrons. The number of piperazine rings is 1. The summed E-state index contributed by atoms with van der Waals surface area (Å²) in [7, 11) is 1.67. The lowest BCUT2D eigenvalue weighted by Crippen LogP contribution is -2.55. The molecule has 1 saturated heterocycles. The van der Waals surface area contributed by atoms with Gasteiger partial charge in [0, 0.05) is 49.3 Å². The van der Waals surface area contributed by atoms with Gasteiger partial charge in [0.25, 0.3) is 0 Å². The van der Waals surface area contributed by atoms with Gasteiger partial charge in [-0.2, -0.15) is 4.37 Å². The molecule has 0 bridgehead atoms. The highest BCUT2D eigenvalue weighted by molar-refractivity contribution is 7.09. The fraction of sp³-hybridized carbons (Fsp3) is 0.318. The number of nitrogens with zero attached hydrogens (tertiary/aromatic N) is 4. The van der Waals surface area contributed by atoms with Crippen LogP contribution < -0.4 is 15.0 Å². The van der Waals surface area contributed by atoms with Gasteiger partial charge in [-0.1, -0.05) is 30.3 Å². The third-order valence-electron chi connectivity index (χ3n) is 5.14. The van der Waals surface area contributed by atoms with Gasteiger partial charge < -0.3 is 19.9 Å². The molecule has 8 heteroatoms. The normalized spacial score (nSPS) is 16.4. The first-order valence-electron chi connectivity index (χ1n) is 9.95. The highest BCUT2D eigenvalue weighted by atomic mass is 32.1. The molecular weight excluding hydrogens is 398 g/mol. The number of benzene rings is 2. The van der Waals surface area contributed by atoms with E-state index in [0.717, 1.165) is 41.0 Å². The van der Waals surface area contributed by atoms with E-state index in [1.165, 1.54) is 11.5 Å². The molecule has 0 aliphatic carbocycles. The lowest BCUT2D eigenvalue weighted by atomic mass is 10.1. The Hall–Kier alpha value is -3.13. The summed E-state index contributed by atoms with van der Waals surface area (Å²) >= 11 is 1.41. The number of aromatic nitrogens is 2. The first kappa shape index (κ1) is 20.2. The minimum atomic E-state index is -0.0654. The van der Waals surface area contributed by atoms with E-state index in [9.17, 15) is 4.79 Å². The largest absolute Gasteiger partial charge is 0.497 e. The standard InChI is InChI=1S/C22H25N5O2S/c1-16-15-26(11-12-27(16)21(28)23-18-8-4-3-5-9-18)22-24-20(25-30-22)14-17-7-6-10-19(13-17)29-2/h3-10,13,16H,11-12,14-15H2,1-2H3,(H,23,28). The molecule has 7 nitrogen and oxygen atoms in total. The second-order valence-corrected chi connectivity index (χ2v) is 8.04. The van der Waals surface area contributed by atoms with Crippen molar-refractivity contribution in [2.24, 2.45) is 0 Å². The molecule has 2 amide bonds. The Morgan fingerprint density at radius 2 is 2.03 bits per heavy atom. The van der Waals surface area contributed by atoms with E-state index in [0.29, 0.717) is 13.0 Å². The van der Waals surface area contributed by atoms with Gasteiger partial charge in [0.2, 0.25) is 5.13 Å². The van der Waals surface area contributed by atoms with Crippen molar-refractivity contribution in [2.45, 2.75) is 19.4 Å². The second kappa shape index (κ2) is 9.13. The zero-order chi connectivity index (χ0) is 20.9. The van der Waals surface area contributed by atoms with Gasteiger partial charge in [0.1, 0.15) is 11.6 Å². The third kappa shape index (κ3) is 4.71. The average Bonchev–Trinajstić information content (AvgIpc) is 3.23. The molecule has 0 saturated carbocycles. The maximum absolute atomic E-state index is 12.6. The van der Waals surface area contributed by atoms with E-state index in [-0.39, 0.29) is 12.1 Å². The van der Waals surface area contributed by atoms with E-state index in [1.54, 1.807) is 7.11 Å². The number of carbonyl (C=O) groups excluding carboxylic acids is 1. The van der Waals surface area contributed by atoms with Gasteiger partial charge in [-0.15, -0.1) is 0 Å². The molecule has 30 heavy (non-hydrogen) atoms. The highest BCUT2D eigenvalue weighted by Crippen LogP contribution is 2.23. The van der Waals surface area contributed by atoms with Gasteiger partial charge >= 0.3 is 6.03 Å². The smallest absolute Gasteiger partial charge is 0.322 e. The maximum atomic E-state index is 12.6. The molecular formula is C22H25N5O2S. The van der Waals surface area contributed by atoms with Crippen molar-refractivity contribution in [1.82, 2.24) is 14.3 Å². The predicted molar refractivity (Wildman–Crippen MR) is 120 cm³/mol. The number of nitrogens with one attached hydrogen (secondary N) is 1. The molecule has 1 atom stereocenters. The SMILES string of the molecule is COc1cccc(Cc2nsc(N3CCN(C(=O)Nc4ccccc4)C(C)C3)n2)c1. The number of anilines is 2. The number of hydrogen-bond donors (Lipinski definition) is 1. The minimum Gasteiger partial charge on any atom is -0.497 e. The summed E-state index contributed by atoms with van der Waals surface area (Å²) < 4.78 is 9.82. The van der Waals surface area contributed by atoms with Crippen molar-refractivity contribution < 1.29 is 9.53 Å². The molecule has 3 aromatic rings. The van der Waals surface area contributed by atoms with Crippen molar-refractivity contribution in [3.05, 3.63) is 66.0 Å². The molecule has 156 valence electrons. The van der Waals surface area contributed by atoms with Crippen LogP contribution in [0.25, 0.3) is 0 Å². The summed E-state index contributed by atoms with van der Waals surface area (Å²) in [6, 6.07) is 17.5. The van der Waals surface area contributed by atoms with Crippen molar-refractivity contribution in [2.75, 3.05) is 37.0 Å². The van der Waals surface area contributed by atoms with Gasteiger partial charge in [0.15, 0.2) is 0 Å². The Bertz CT molecular complexity index is 994. The van der Waals surface area contributed by atoms with Crippen LogP contribution in [0.4, 0.5) is 15.6 Å². The summed E-state index contributed by atoms with van der Waals surface area (Å²) in [6.45, 7) is 4.18. The van der Waals surface area contributed by atoms with Crippen LogP contribution in [-0.4, -0.2) is 53.1 Å². The Labute approximate surface area is 180 Å². The van der Waals surface area contributed by atoms with Crippen LogP contribution in [0.1, 0.15) is 18.3 Å². The molecule has 0 spiro atoms. The number of rotatable bonds is 5. The van der Waals surface area contributed by atoms with Gasteiger partial charge in [0.05, 0.1) is 7.11 Å². The van der Waals surface area contributed by atoms with E-state index >= 15 is 0 Å². The fourth-order valence-electron chi connectivity index (χ4n) is 3.56. The van der Waals surface area contributed by atoms with E-state index in [4.69, 9.17) is 9.72 Å². The van der Waals surface area contributed by atoms with Crippen LogP contribution in [0.2, 0.25) is 0 Å². The summed E-state index contributed by atoms with van der Waals surface area (Å²) in [6.07, 6.45) is 0.669. The quantitative estimate of drug-likeness (QED) is 0.674. The number of para-hydroxylation sites is 1. The lowest BCUT2D eigenvalue weighted by molar-refractivity contribution is 0.185. The van der Waals surface area contributed by atoms with Crippen molar-refractivity contribution in [1.29, 1.82) is 0 Å². The fourth-order valence-corrected chi connectivity index (χ4v) is 4.28. The van der Waals surface area contributed by atoms with Crippen LogP contribution in [0.15, 0.2) is 54.6 Å². The molecule has 1 N–H and O–H groups in total. The van der Waals surface area contributed by atoms with E-state index in [1.807, 2.05) is 53.4 Å². The van der Waals surface area contributed by atoms with Crippen molar-refractivity contribution >= 4 is 28.4 Å². The van der Waals surface area contributed by atoms with Crippen LogP contribution >= 0.6 is 11.5 Å². The van der Waals surface area contributed by atoms with Gasteiger partial charge in [-0.05, 0) is 36.8 Å². The molecule has 1 fully saturated rings. The molecule has 1 aliphatic heterocycles. The predicted octanol–water partition coefficient (Wildman–Crippen LogP) is 3.88. The van der Waals surface area contributed by atoms with Gasteiger partial charge in [-0.3, -0.25) is 0 Å². The number of ether oxygens (including phenoxy) is 1. The maximum Gasteiger partial charge on any atom is 0.322 e. The number of urea groups is 1. The molecule has 2 aromatic carbocycles. The molecule has 2 heterocycles. The molecule has 1 unspecified atom stereocenters.